The average Bonchev–Trinajstić information content (AvgIpc) is 2.48. The van der Waals surface area contributed by atoms with Crippen LogP contribution in [-0.4, -0.2) is 12.2 Å². The molecule has 0 bridgehead atoms. The third-order valence-electron chi connectivity index (χ3n) is 3.10. The van der Waals surface area contributed by atoms with Gasteiger partial charge in [-0.2, -0.15) is 0 Å². The molecule has 0 aliphatic heterocycles. The quantitative estimate of drug-likeness (QED) is 0.861. The van der Waals surface area contributed by atoms with Crippen molar-refractivity contribution >= 4 is 0 Å². The molecule has 0 heterocycles. The van der Waals surface area contributed by atoms with Gasteiger partial charge in [-0.1, -0.05) is 37.3 Å². The van der Waals surface area contributed by atoms with E-state index in [1.54, 1.807) is 7.11 Å². The van der Waals surface area contributed by atoms with Gasteiger partial charge in [-0.05, 0) is 30.2 Å². The molecule has 0 aliphatic rings. The van der Waals surface area contributed by atoms with Gasteiger partial charge in [0.05, 0.1) is 12.7 Å². The number of hydrogen-bond donors (Lipinski definition) is 1. The first-order valence-corrected chi connectivity index (χ1v) is 6.77. The predicted octanol–water partition coefficient (Wildman–Crippen LogP) is 4.07. The molecular weight excluding hydrogens is 252 g/mol. The van der Waals surface area contributed by atoms with Gasteiger partial charge in [-0.15, -0.1) is 0 Å². The first-order chi connectivity index (χ1) is 9.74. The maximum absolute atomic E-state index is 10.0. The van der Waals surface area contributed by atoms with Crippen molar-refractivity contribution in [1.82, 2.24) is 0 Å². The van der Waals surface area contributed by atoms with Crippen LogP contribution in [0.2, 0.25) is 0 Å². The van der Waals surface area contributed by atoms with Crippen molar-refractivity contribution in [1.29, 1.82) is 0 Å². The number of rotatable bonds is 6. The standard InChI is InChI=1S/C17H20O3/c1-3-16(18)15-9-4-5-10-17(15)20-14-8-6-7-13(11-14)12-19-2/h4-11,16,18H,3,12H2,1-2H3. The van der Waals surface area contributed by atoms with Crippen LogP contribution in [0.4, 0.5) is 0 Å². The SMILES string of the molecule is CCC(O)c1ccccc1Oc1cccc(COC)c1. The Bertz CT molecular complexity index is 551. The van der Waals surface area contributed by atoms with Crippen molar-refractivity contribution in [2.24, 2.45) is 0 Å². The second kappa shape index (κ2) is 7.08. The van der Waals surface area contributed by atoms with Crippen molar-refractivity contribution in [2.45, 2.75) is 26.1 Å². The fourth-order valence-corrected chi connectivity index (χ4v) is 2.06. The Morgan fingerprint density at radius 2 is 1.90 bits per heavy atom. The summed E-state index contributed by atoms with van der Waals surface area (Å²) >= 11 is 0. The highest BCUT2D eigenvalue weighted by Gasteiger charge is 2.11. The van der Waals surface area contributed by atoms with Crippen molar-refractivity contribution < 1.29 is 14.6 Å². The van der Waals surface area contributed by atoms with E-state index < -0.39 is 6.10 Å². The van der Waals surface area contributed by atoms with E-state index in [1.807, 2.05) is 55.5 Å². The molecule has 20 heavy (non-hydrogen) atoms. The number of benzene rings is 2. The van der Waals surface area contributed by atoms with Gasteiger partial charge in [-0.3, -0.25) is 0 Å². The van der Waals surface area contributed by atoms with Gasteiger partial charge < -0.3 is 14.6 Å². The molecule has 0 amide bonds. The zero-order valence-corrected chi connectivity index (χ0v) is 11.9. The zero-order valence-electron chi connectivity index (χ0n) is 11.9. The number of methoxy groups -OCH3 is 1. The third kappa shape index (κ3) is 3.59. The maximum atomic E-state index is 10.0. The van der Waals surface area contributed by atoms with Crippen LogP contribution >= 0.6 is 0 Å². The van der Waals surface area contributed by atoms with Gasteiger partial charge >= 0.3 is 0 Å². The Hall–Kier alpha value is -1.84. The van der Waals surface area contributed by atoms with Crippen LogP contribution in [0.5, 0.6) is 11.5 Å². The van der Waals surface area contributed by atoms with Gasteiger partial charge in [0.1, 0.15) is 11.5 Å². The molecule has 0 aromatic heterocycles. The van der Waals surface area contributed by atoms with Gasteiger partial charge in [0, 0.05) is 12.7 Å². The Morgan fingerprint density at radius 3 is 2.65 bits per heavy atom. The van der Waals surface area contributed by atoms with E-state index in [4.69, 9.17) is 9.47 Å². The molecule has 0 saturated carbocycles. The highest BCUT2D eigenvalue weighted by Crippen LogP contribution is 2.31. The summed E-state index contributed by atoms with van der Waals surface area (Å²) in [5.41, 5.74) is 1.87. The minimum atomic E-state index is -0.506. The highest BCUT2D eigenvalue weighted by molar-refractivity contribution is 5.40. The molecular formula is C17H20O3. The minimum absolute atomic E-state index is 0.506. The molecule has 0 aliphatic carbocycles. The van der Waals surface area contributed by atoms with Crippen molar-refractivity contribution in [2.75, 3.05) is 7.11 Å². The van der Waals surface area contributed by atoms with E-state index in [0.29, 0.717) is 18.8 Å². The summed E-state index contributed by atoms with van der Waals surface area (Å²) in [4.78, 5) is 0. The number of hydrogen-bond acceptors (Lipinski definition) is 3. The summed E-state index contributed by atoms with van der Waals surface area (Å²) in [6.45, 7) is 2.50. The van der Waals surface area contributed by atoms with Crippen molar-refractivity contribution in [3.63, 3.8) is 0 Å². The fraction of sp³-hybridized carbons (Fsp3) is 0.294. The minimum Gasteiger partial charge on any atom is -0.457 e. The Labute approximate surface area is 119 Å². The van der Waals surface area contributed by atoms with Gasteiger partial charge in [0.2, 0.25) is 0 Å². The summed E-state index contributed by atoms with van der Waals surface area (Å²) in [6.07, 6.45) is 0.151. The van der Waals surface area contributed by atoms with Crippen LogP contribution in [-0.2, 0) is 11.3 Å². The summed E-state index contributed by atoms with van der Waals surface area (Å²) in [5, 5.41) is 10.0. The largest absolute Gasteiger partial charge is 0.457 e. The third-order valence-corrected chi connectivity index (χ3v) is 3.10. The lowest BCUT2D eigenvalue weighted by Crippen LogP contribution is -1.98. The average molecular weight is 272 g/mol. The highest BCUT2D eigenvalue weighted by atomic mass is 16.5. The Kier molecular flexibility index (Phi) is 5.16. The lowest BCUT2D eigenvalue weighted by Gasteiger charge is -2.15. The number of aliphatic hydroxyl groups is 1. The number of ether oxygens (including phenoxy) is 2. The van der Waals surface area contributed by atoms with E-state index in [2.05, 4.69) is 0 Å². The monoisotopic (exact) mass is 272 g/mol. The Balaban J connectivity index is 2.23. The maximum Gasteiger partial charge on any atom is 0.133 e. The molecule has 0 radical (unpaired) electrons. The molecule has 1 atom stereocenters. The molecule has 2 aromatic carbocycles. The molecule has 0 spiro atoms. The van der Waals surface area contributed by atoms with Crippen LogP contribution < -0.4 is 4.74 Å². The molecule has 3 nitrogen and oxygen atoms in total. The van der Waals surface area contributed by atoms with Gasteiger partial charge in [0.25, 0.3) is 0 Å². The van der Waals surface area contributed by atoms with Crippen molar-refractivity contribution in [3.8, 4) is 11.5 Å². The van der Waals surface area contributed by atoms with Crippen LogP contribution in [0.3, 0.4) is 0 Å². The van der Waals surface area contributed by atoms with E-state index in [0.717, 1.165) is 16.9 Å². The molecule has 2 aromatic rings. The Morgan fingerprint density at radius 1 is 1.10 bits per heavy atom. The summed E-state index contributed by atoms with van der Waals surface area (Å²) in [7, 11) is 1.67. The zero-order chi connectivity index (χ0) is 14.4. The van der Waals surface area contributed by atoms with Gasteiger partial charge in [0.15, 0.2) is 0 Å². The first-order valence-electron chi connectivity index (χ1n) is 6.77. The van der Waals surface area contributed by atoms with E-state index in [-0.39, 0.29) is 0 Å². The van der Waals surface area contributed by atoms with Crippen LogP contribution in [0.25, 0.3) is 0 Å². The normalized spacial score (nSPS) is 12.2. The number of para-hydroxylation sites is 1. The molecule has 2 rings (SSSR count). The van der Waals surface area contributed by atoms with E-state index >= 15 is 0 Å². The second-order valence-electron chi connectivity index (χ2n) is 4.64. The van der Waals surface area contributed by atoms with E-state index in [9.17, 15) is 5.11 Å². The molecule has 1 unspecified atom stereocenters. The molecule has 3 heteroatoms. The lowest BCUT2D eigenvalue weighted by atomic mass is 10.1. The van der Waals surface area contributed by atoms with Crippen LogP contribution in [0.15, 0.2) is 48.5 Å². The second-order valence-corrected chi connectivity index (χ2v) is 4.64. The molecule has 0 saturated heterocycles. The van der Waals surface area contributed by atoms with Crippen molar-refractivity contribution in [3.05, 3.63) is 59.7 Å². The molecule has 0 fully saturated rings. The van der Waals surface area contributed by atoms with Crippen LogP contribution in [0, 0.1) is 0 Å². The predicted molar refractivity (Wildman–Crippen MR) is 78.9 cm³/mol. The first kappa shape index (κ1) is 14.6. The molecule has 1 N–H and O–H groups in total. The summed E-state index contributed by atoms with van der Waals surface area (Å²) in [5.74, 6) is 1.44. The lowest BCUT2D eigenvalue weighted by molar-refractivity contribution is 0.170. The van der Waals surface area contributed by atoms with Gasteiger partial charge in [-0.25, -0.2) is 0 Å². The van der Waals surface area contributed by atoms with Crippen LogP contribution in [0.1, 0.15) is 30.6 Å². The topological polar surface area (TPSA) is 38.7 Å². The fourth-order valence-electron chi connectivity index (χ4n) is 2.06. The smallest absolute Gasteiger partial charge is 0.133 e. The summed E-state index contributed by atoms with van der Waals surface area (Å²) in [6, 6.07) is 15.3. The van der Waals surface area contributed by atoms with E-state index in [1.165, 1.54) is 0 Å². The summed E-state index contributed by atoms with van der Waals surface area (Å²) < 4.78 is 11.0. The number of aliphatic hydroxyl groups excluding tert-OH is 1. The molecule has 106 valence electrons.